The van der Waals surface area contributed by atoms with Crippen molar-refractivity contribution in [3.63, 3.8) is 0 Å². The number of benzene rings is 1. The molecule has 6 nitrogen and oxygen atoms in total. The van der Waals surface area contributed by atoms with Crippen molar-refractivity contribution in [3.05, 3.63) is 29.8 Å². The normalized spacial score (nSPS) is 24.2. The van der Waals surface area contributed by atoms with Crippen molar-refractivity contribution in [1.82, 2.24) is 15.1 Å². The lowest BCUT2D eigenvalue weighted by Gasteiger charge is -2.29. The summed E-state index contributed by atoms with van der Waals surface area (Å²) in [6.07, 6.45) is 5.29. The van der Waals surface area contributed by atoms with Crippen LogP contribution in [0, 0.1) is 5.92 Å². The summed E-state index contributed by atoms with van der Waals surface area (Å²) in [4.78, 5) is 9.49. The van der Waals surface area contributed by atoms with Crippen molar-refractivity contribution in [1.29, 1.82) is 0 Å². The van der Waals surface area contributed by atoms with Gasteiger partial charge in [0.25, 0.3) is 0 Å². The number of morpholine rings is 1. The standard InChI is InChI=1S/C22H34N4O2/c1-23-22(26-10-9-18(17-26)16-25-11-13-27-14-12-25)24-15-19-5-2-3-8-21(19)28-20-6-4-7-20/h2-3,5,8,18,20H,4,6-7,9-17H2,1H3,(H,23,24). The van der Waals surface area contributed by atoms with Crippen LogP contribution >= 0.6 is 0 Å². The maximum Gasteiger partial charge on any atom is 0.193 e. The van der Waals surface area contributed by atoms with E-state index in [1.807, 2.05) is 7.05 Å². The van der Waals surface area contributed by atoms with Crippen LogP contribution in [-0.4, -0.2) is 74.8 Å². The first-order valence-corrected chi connectivity index (χ1v) is 10.8. The third kappa shape index (κ3) is 4.97. The molecular weight excluding hydrogens is 352 g/mol. The van der Waals surface area contributed by atoms with Gasteiger partial charge in [0.2, 0.25) is 0 Å². The summed E-state index contributed by atoms with van der Waals surface area (Å²) in [7, 11) is 1.88. The summed E-state index contributed by atoms with van der Waals surface area (Å²) in [6, 6.07) is 8.39. The first-order chi connectivity index (χ1) is 13.8. The van der Waals surface area contributed by atoms with Crippen molar-refractivity contribution in [2.45, 2.75) is 38.3 Å². The number of rotatable bonds is 6. The van der Waals surface area contributed by atoms with E-state index in [0.717, 1.165) is 57.6 Å². The molecule has 2 saturated heterocycles. The van der Waals surface area contributed by atoms with Gasteiger partial charge in [-0.1, -0.05) is 18.2 Å². The second kappa shape index (κ2) is 9.61. The molecular formula is C22H34N4O2. The van der Waals surface area contributed by atoms with Crippen LogP contribution in [0.1, 0.15) is 31.2 Å². The molecule has 2 heterocycles. The van der Waals surface area contributed by atoms with Crippen LogP contribution in [0.25, 0.3) is 0 Å². The SMILES string of the molecule is CN=C(NCc1ccccc1OC1CCC1)N1CCC(CN2CCOCC2)C1. The molecule has 1 aliphatic carbocycles. The van der Waals surface area contributed by atoms with Crippen LogP contribution in [0.5, 0.6) is 5.75 Å². The summed E-state index contributed by atoms with van der Waals surface area (Å²) < 4.78 is 11.6. The van der Waals surface area contributed by atoms with Crippen molar-refractivity contribution in [3.8, 4) is 5.75 Å². The van der Waals surface area contributed by atoms with Gasteiger partial charge >= 0.3 is 0 Å². The predicted molar refractivity (Wildman–Crippen MR) is 112 cm³/mol. The molecule has 0 radical (unpaired) electrons. The zero-order chi connectivity index (χ0) is 19.2. The Bertz CT molecular complexity index is 656. The summed E-state index contributed by atoms with van der Waals surface area (Å²) in [5.74, 6) is 2.73. The lowest BCUT2D eigenvalue weighted by atomic mass is 9.96. The van der Waals surface area contributed by atoms with E-state index in [4.69, 9.17) is 9.47 Å². The zero-order valence-electron chi connectivity index (χ0n) is 17.1. The summed E-state index contributed by atoms with van der Waals surface area (Å²) >= 11 is 0. The molecule has 154 valence electrons. The Labute approximate surface area is 168 Å². The molecule has 0 amide bonds. The van der Waals surface area contributed by atoms with Gasteiger partial charge in [-0.3, -0.25) is 9.89 Å². The average molecular weight is 387 g/mol. The van der Waals surface area contributed by atoms with E-state index in [1.54, 1.807) is 0 Å². The molecule has 28 heavy (non-hydrogen) atoms. The Hall–Kier alpha value is -1.79. The molecule has 0 aromatic heterocycles. The Kier molecular flexibility index (Phi) is 6.70. The molecule has 1 N–H and O–H groups in total. The van der Waals surface area contributed by atoms with E-state index in [2.05, 4.69) is 44.4 Å². The van der Waals surface area contributed by atoms with E-state index in [1.165, 1.54) is 37.8 Å². The Morgan fingerprint density at radius 1 is 1.18 bits per heavy atom. The highest BCUT2D eigenvalue weighted by molar-refractivity contribution is 5.80. The largest absolute Gasteiger partial charge is 0.490 e. The fraction of sp³-hybridized carbons (Fsp3) is 0.682. The quantitative estimate of drug-likeness (QED) is 0.601. The van der Waals surface area contributed by atoms with Crippen molar-refractivity contribution < 1.29 is 9.47 Å². The van der Waals surface area contributed by atoms with E-state index in [0.29, 0.717) is 12.0 Å². The molecule has 6 heteroatoms. The molecule has 2 aliphatic heterocycles. The third-order valence-corrected chi connectivity index (χ3v) is 6.17. The fourth-order valence-electron chi connectivity index (χ4n) is 4.26. The molecule has 3 aliphatic rings. The molecule has 1 aromatic carbocycles. The van der Waals surface area contributed by atoms with Crippen molar-refractivity contribution in [2.24, 2.45) is 10.9 Å². The van der Waals surface area contributed by atoms with Gasteiger partial charge in [-0.2, -0.15) is 0 Å². The van der Waals surface area contributed by atoms with Gasteiger partial charge in [0.05, 0.1) is 19.3 Å². The number of likely N-dealkylation sites (tertiary alicyclic amines) is 1. The Balaban J connectivity index is 1.28. The molecule has 4 rings (SSSR count). The first kappa shape index (κ1) is 19.5. The lowest BCUT2D eigenvalue weighted by Crippen LogP contribution is -2.42. The van der Waals surface area contributed by atoms with Crippen LogP contribution in [0.15, 0.2) is 29.3 Å². The van der Waals surface area contributed by atoms with Crippen molar-refractivity contribution >= 4 is 5.96 Å². The first-order valence-electron chi connectivity index (χ1n) is 10.8. The number of hydrogen-bond acceptors (Lipinski definition) is 4. The molecule has 3 fully saturated rings. The third-order valence-electron chi connectivity index (χ3n) is 6.17. The maximum atomic E-state index is 6.17. The highest BCUT2D eigenvalue weighted by Gasteiger charge is 2.27. The number of aliphatic imine (C=N–C) groups is 1. The number of nitrogens with zero attached hydrogens (tertiary/aromatic N) is 3. The van der Waals surface area contributed by atoms with Gasteiger partial charge in [-0.25, -0.2) is 0 Å². The molecule has 1 aromatic rings. The summed E-state index contributed by atoms with van der Waals surface area (Å²) in [5, 5.41) is 3.56. The fourth-order valence-corrected chi connectivity index (χ4v) is 4.26. The summed E-state index contributed by atoms with van der Waals surface area (Å²) in [5.41, 5.74) is 1.21. The Morgan fingerprint density at radius 2 is 2.00 bits per heavy atom. The minimum atomic E-state index is 0.403. The van der Waals surface area contributed by atoms with Crippen LogP contribution < -0.4 is 10.1 Å². The van der Waals surface area contributed by atoms with E-state index >= 15 is 0 Å². The topological polar surface area (TPSA) is 49.3 Å². The number of guanidine groups is 1. The van der Waals surface area contributed by atoms with E-state index in [9.17, 15) is 0 Å². The minimum Gasteiger partial charge on any atom is -0.490 e. The van der Waals surface area contributed by atoms with E-state index < -0.39 is 0 Å². The zero-order valence-corrected chi connectivity index (χ0v) is 17.1. The Morgan fingerprint density at radius 3 is 2.75 bits per heavy atom. The number of nitrogens with one attached hydrogen (secondary N) is 1. The van der Waals surface area contributed by atoms with Gasteiger partial charge in [-0.05, 0) is 37.7 Å². The van der Waals surface area contributed by atoms with Crippen LogP contribution in [0.2, 0.25) is 0 Å². The maximum absolute atomic E-state index is 6.17. The molecule has 0 bridgehead atoms. The number of ether oxygens (including phenoxy) is 2. The van der Waals surface area contributed by atoms with Gasteiger partial charge in [0.1, 0.15) is 5.75 Å². The van der Waals surface area contributed by atoms with Gasteiger partial charge < -0.3 is 19.7 Å². The number of hydrogen-bond donors (Lipinski definition) is 1. The lowest BCUT2D eigenvalue weighted by molar-refractivity contribution is 0.0315. The van der Waals surface area contributed by atoms with Crippen LogP contribution in [0.3, 0.4) is 0 Å². The predicted octanol–water partition coefficient (Wildman–Crippen LogP) is 2.35. The molecule has 1 saturated carbocycles. The van der Waals surface area contributed by atoms with Crippen LogP contribution in [0.4, 0.5) is 0 Å². The molecule has 1 unspecified atom stereocenters. The van der Waals surface area contributed by atoms with Crippen molar-refractivity contribution in [2.75, 3.05) is 53.0 Å². The van der Waals surface area contributed by atoms with Crippen LogP contribution in [-0.2, 0) is 11.3 Å². The second-order valence-corrected chi connectivity index (χ2v) is 8.19. The van der Waals surface area contributed by atoms with Gasteiger partial charge in [0, 0.05) is 51.9 Å². The monoisotopic (exact) mass is 386 g/mol. The smallest absolute Gasteiger partial charge is 0.193 e. The second-order valence-electron chi connectivity index (χ2n) is 8.19. The summed E-state index contributed by atoms with van der Waals surface area (Å²) in [6.45, 7) is 7.98. The van der Waals surface area contributed by atoms with Gasteiger partial charge in [-0.15, -0.1) is 0 Å². The van der Waals surface area contributed by atoms with E-state index in [-0.39, 0.29) is 0 Å². The molecule has 0 spiro atoms. The number of para-hydroxylation sites is 1. The average Bonchev–Trinajstić information content (AvgIpc) is 3.15. The highest BCUT2D eigenvalue weighted by atomic mass is 16.5. The minimum absolute atomic E-state index is 0.403. The highest BCUT2D eigenvalue weighted by Crippen LogP contribution is 2.27. The molecule has 1 atom stereocenters. The van der Waals surface area contributed by atoms with Gasteiger partial charge in [0.15, 0.2) is 5.96 Å².